The first kappa shape index (κ1) is 22.5. The van der Waals surface area contributed by atoms with Gasteiger partial charge in [-0.1, -0.05) is 24.3 Å². The summed E-state index contributed by atoms with van der Waals surface area (Å²) in [5.74, 6) is 0.311. The van der Waals surface area contributed by atoms with E-state index in [0.717, 1.165) is 18.4 Å². The van der Waals surface area contributed by atoms with Crippen LogP contribution in [0.5, 0.6) is 0 Å². The number of fused-ring (bicyclic) bond motifs is 1. The molecule has 2 aromatic carbocycles. The van der Waals surface area contributed by atoms with E-state index in [-0.39, 0.29) is 29.8 Å². The molecule has 35 heavy (non-hydrogen) atoms. The smallest absolute Gasteiger partial charge is 0.261 e. The lowest BCUT2D eigenvalue weighted by molar-refractivity contribution is -0.121. The molecule has 0 bridgehead atoms. The predicted octanol–water partition coefficient (Wildman–Crippen LogP) is 3.63. The van der Waals surface area contributed by atoms with Crippen LogP contribution in [-0.2, 0) is 17.8 Å². The number of hydrogen-bond acceptors (Lipinski definition) is 5. The number of para-hydroxylation sites is 1. The number of aromatic nitrogens is 3. The molecule has 2 amide bonds. The van der Waals surface area contributed by atoms with Gasteiger partial charge in [0, 0.05) is 49.1 Å². The summed E-state index contributed by atoms with van der Waals surface area (Å²) in [6, 6.07) is 18.2. The average Bonchev–Trinajstić information content (AvgIpc) is 3.72. The molecule has 0 atom stereocenters. The van der Waals surface area contributed by atoms with Crippen LogP contribution in [0.3, 0.4) is 0 Å². The maximum absolute atomic E-state index is 13.0. The minimum absolute atomic E-state index is 0.0286. The van der Waals surface area contributed by atoms with Gasteiger partial charge in [0.05, 0.1) is 10.9 Å². The van der Waals surface area contributed by atoms with Crippen molar-refractivity contribution in [2.24, 2.45) is 0 Å². The number of hydrogen-bond donors (Lipinski definition) is 2. The van der Waals surface area contributed by atoms with Crippen molar-refractivity contribution in [1.29, 1.82) is 0 Å². The average molecular weight is 468 g/mol. The van der Waals surface area contributed by atoms with Crippen molar-refractivity contribution in [3.8, 4) is 0 Å². The predicted molar refractivity (Wildman–Crippen MR) is 133 cm³/mol. The Kier molecular flexibility index (Phi) is 6.34. The normalized spacial score (nSPS) is 12.9. The number of benzene rings is 2. The van der Waals surface area contributed by atoms with Gasteiger partial charge in [0.2, 0.25) is 5.91 Å². The zero-order valence-electron chi connectivity index (χ0n) is 19.1. The second kappa shape index (κ2) is 9.89. The third kappa shape index (κ3) is 5.27. The third-order valence-electron chi connectivity index (χ3n) is 5.99. The fourth-order valence-corrected chi connectivity index (χ4v) is 4.06. The fourth-order valence-electron chi connectivity index (χ4n) is 4.06. The Morgan fingerprint density at radius 2 is 1.80 bits per heavy atom. The first-order chi connectivity index (χ1) is 17.1. The molecule has 2 heterocycles. The molecule has 1 aliphatic carbocycles. The van der Waals surface area contributed by atoms with Gasteiger partial charge in [-0.15, -0.1) is 0 Å². The molecule has 2 aromatic heterocycles. The van der Waals surface area contributed by atoms with Crippen molar-refractivity contribution in [2.75, 3.05) is 5.32 Å². The second-order valence-electron chi connectivity index (χ2n) is 8.62. The zero-order valence-corrected chi connectivity index (χ0v) is 19.1. The molecule has 0 spiro atoms. The lowest BCUT2D eigenvalue weighted by atomic mass is 10.1. The Morgan fingerprint density at radius 3 is 2.60 bits per heavy atom. The first-order valence-corrected chi connectivity index (χ1v) is 11.7. The summed E-state index contributed by atoms with van der Waals surface area (Å²) in [6.45, 7) is 0.332. The van der Waals surface area contributed by atoms with Gasteiger partial charge in [-0.2, -0.15) is 0 Å². The molecule has 1 fully saturated rings. The molecule has 0 radical (unpaired) electrons. The summed E-state index contributed by atoms with van der Waals surface area (Å²) in [6.07, 6.45) is 5.69. The van der Waals surface area contributed by atoms with E-state index in [1.54, 1.807) is 41.2 Å². The number of nitrogens with zero attached hydrogens (tertiary/aromatic N) is 3. The molecule has 0 saturated heterocycles. The lowest BCUT2D eigenvalue weighted by Gasteiger charge is -2.13. The minimum Gasteiger partial charge on any atom is -0.352 e. The Hall–Kier alpha value is -4.33. The van der Waals surface area contributed by atoms with Gasteiger partial charge in [0.15, 0.2) is 0 Å². The molecule has 1 saturated carbocycles. The highest BCUT2D eigenvalue weighted by molar-refractivity contribution is 6.04. The highest BCUT2D eigenvalue weighted by Crippen LogP contribution is 2.34. The van der Waals surface area contributed by atoms with Crippen molar-refractivity contribution >= 4 is 28.4 Å². The van der Waals surface area contributed by atoms with Crippen LogP contribution in [0.2, 0.25) is 0 Å². The summed E-state index contributed by atoms with van der Waals surface area (Å²) >= 11 is 0. The Bertz CT molecular complexity index is 1440. The van der Waals surface area contributed by atoms with Crippen LogP contribution < -0.4 is 16.2 Å². The number of anilines is 1. The quantitative estimate of drug-likeness (QED) is 0.412. The molecule has 4 aromatic rings. The molecule has 0 unspecified atom stereocenters. The molecule has 176 valence electrons. The van der Waals surface area contributed by atoms with Gasteiger partial charge in [-0.25, -0.2) is 4.98 Å². The van der Waals surface area contributed by atoms with Gasteiger partial charge in [-0.3, -0.25) is 23.9 Å². The summed E-state index contributed by atoms with van der Waals surface area (Å²) in [4.78, 5) is 46.5. The number of carbonyl (C=O) groups excluding carboxylic acids is 2. The van der Waals surface area contributed by atoms with Crippen LogP contribution >= 0.6 is 0 Å². The van der Waals surface area contributed by atoms with Crippen molar-refractivity contribution in [2.45, 2.75) is 38.3 Å². The zero-order chi connectivity index (χ0) is 24.2. The molecular weight excluding hydrogens is 442 g/mol. The summed E-state index contributed by atoms with van der Waals surface area (Å²) in [5.41, 5.74) is 2.66. The SMILES string of the molecule is O=C(CCc1nc2ccccc2c(=O)n1C1CC1)NCc1cccc(NC(=O)c2ccncc2)c1. The number of aryl methyl sites for hydroxylation is 1. The third-order valence-corrected chi connectivity index (χ3v) is 5.99. The second-order valence-corrected chi connectivity index (χ2v) is 8.62. The highest BCUT2D eigenvalue weighted by Gasteiger charge is 2.28. The van der Waals surface area contributed by atoms with Crippen LogP contribution in [-0.4, -0.2) is 26.3 Å². The van der Waals surface area contributed by atoms with Gasteiger partial charge in [0.1, 0.15) is 5.82 Å². The number of nitrogens with one attached hydrogen (secondary N) is 2. The number of pyridine rings is 1. The topological polar surface area (TPSA) is 106 Å². The van der Waals surface area contributed by atoms with Crippen molar-refractivity contribution in [3.05, 3.63) is 100 Å². The molecule has 1 aliphatic rings. The van der Waals surface area contributed by atoms with Gasteiger partial charge in [-0.05, 0) is 54.8 Å². The number of carbonyl (C=O) groups is 2. The minimum atomic E-state index is -0.224. The standard InChI is InChI=1S/C27H25N5O3/c33-25(11-10-24-31-23-7-2-1-6-22(23)27(35)32(24)21-8-9-21)29-17-18-4-3-5-20(16-18)30-26(34)19-12-14-28-15-13-19/h1-7,12-16,21H,8-11,17H2,(H,29,33)(H,30,34). The number of rotatable bonds is 8. The van der Waals surface area contributed by atoms with E-state index in [1.807, 2.05) is 36.4 Å². The fraction of sp³-hybridized carbons (Fsp3) is 0.222. The molecule has 8 heteroatoms. The van der Waals surface area contributed by atoms with Crippen LogP contribution in [0.25, 0.3) is 10.9 Å². The van der Waals surface area contributed by atoms with E-state index in [4.69, 9.17) is 4.98 Å². The Morgan fingerprint density at radius 1 is 1.00 bits per heavy atom. The van der Waals surface area contributed by atoms with Gasteiger partial charge >= 0.3 is 0 Å². The van der Waals surface area contributed by atoms with E-state index in [9.17, 15) is 14.4 Å². The van der Waals surface area contributed by atoms with Crippen LogP contribution in [0, 0.1) is 0 Å². The van der Waals surface area contributed by atoms with Crippen LogP contribution in [0.1, 0.15) is 47.1 Å². The first-order valence-electron chi connectivity index (χ1n) is 11.7. The van der Waals surface area contributed by atoms with Gasteiger partial charge < -0.3 is 10.6 Å². The Labute approximate surface area is 202 Å². The van der Waals surface area contributed by atoms with Crippen molar-refractivity contribution in [3.63, 3.8) is 0 Å². The van der Waals surface area contributed by atoms with E-state index < -0.39 is 0 Å². The largest absolute Gasteiger partial charge is 0.352 e. The molecular formula is C27H25N5O3. The maximum atomic E-state index is 13.0. The molecule has 5 rings (SSSR count). The van der Waals surface area contributed by atoms with E-state index in [2.05, 4.69) is 15.6 Å². The number of amides is 2. The Balaban J connectivity index is 1.20. The highest BCUT2D eigenvalue weighted by atomic mass is 16.2. The van der Waals surface area contributed by atoms with Crippen molar-refractivity contribution in [1.82, 2.24) is 19.9 Å². The molecule has 0 aliphatic heterocycles. The van der Waals surface area contributed by atoms with E-state index in [0.29, 0.717) is 40.9 Å². The van der Waals surface area contributed by atoms with Gasteiger partial charge in [0.25, 0.3) is 11.5 Å². The van der Waals surface area contributed by atoms with E-state index >= 15 is 0 Å². The molecule has 2 N–H and O–H groups in total. The molecule has 8 nitrogen and oxygen atoms in total. The summed E-state index contributed by atoms with van der Waals surface area (Å²) in [7, 11) is 0. The van der Waals surface area contributed by atoms with Crippen molar-refractivity contribution < 1.29 is 9.59 Å². The summed E-state index contributed by atoms with van der Waals surface area (Å²) < 4.78 is 1.77. The summed E-state index contributed by atoms with van der Waals surface area (Å²) in [5, 5.41) is 6.39. The lowest BCUT2D eigenvalue weighted by Crippen LogP contribution is -2.27. The van der Waals surface area contributed by atoms with Crippen LogP contribution in [0.4, 0.5) is 5.69 Å². The van der Waals surface area contributed by atoms with E-state index in [1.165, 1.54) is 0 Å². The maximum Gasteiger partial charge on any atom is 0.261 e. The monoisotopic (exact) mass is 467 g/mol. The van der Waals surface area contributed by atoms with Crippen LogP contribution in [0.15, 0.2) is 77.9 Å².